The van der Waals surface area contributed by atoms with Gasteiger partial charge in [0.1, 0.15) is 0 Å². The highest BCUT2D eigenvalue weighted by Crippen LogP contribution is 2.28. The molecule has 0 bridgehead atoms. The Kier molecular flexibility index (Phi) is 2.55. The van der Waals surface area contributed by atoms with Gasteiger partial charge in [0.2, 0.25) is 0 Å². The fourth-order valence-corrected chi connectivity index (χ4v) is 1.12. The summed E-state index contributed by atoms with van der Waals surface area (Å²) in [5.74, 6) is 0. The number of hydrogen-bond acceptors (Lipinski definition) is 2. The van der Waals surface area contributed by atoms with Crippen LogP contribution in [0.25, 0.3) is 0 Å². The fraction of sp³-hybridized carbons (Fsp3) is 1.00. The first-order chi connectivity index (χ1) is 5.04. The van der Waals surface area contributed by atoms with Gasteiger partial charge >= 0.3 is 0 Å². The molecule has 1 fully saturated rings. The van der Waals surface area contributed by atoms with E-state index in [9.17, 15) is 0 Å². The molecule has 66 valence electrons. The van der Waals surface area contributed by atoms with Crippen molar-refractivity contribution in [3.63, 3.8) is 0 Å². The highest BCUT2D eigenvalue weighted by molar-refractivity contribution is 4.77. The van der Waals surface area contributed by atoms with E-state index in [1.54, 1.807) is 0 Å². The molecule has 2 unspecified atom stereocenters. The highest BCUT2D eigenvalue weighted by Gasteiger charge is 2.33. The van der Waals surface area contributed by atoms with Gasteiger partial charge in [-0.25, -0.2) is 0 Å². The van der Waals surface area contributed by atoms with Gasteiger partial charge in [0.05, 0.1) is 12.7 Å². The Morgan fingerprint density at radius 3 is 2.27 bits per heavy atom. The zero-order valence-corrected chi connectivity index (χ0v) is 7.89. The van der Waals surface area contributed by atoms with E-state index in [0.717, 1.165) is 13.0 Å². The van der Waals surface area contributed by atoms with Crippen LogP contribution in [0.5, 0.6) is 0 Å². The summed E-state index contributed by atoms with van der Waals surface area (Å²) in [5, 5.41) is 0. The van der Waals surface area contributed by atoms with Gasteiger partial charge < -0.3 is 9.47 Å². The maximum Gasteiger partial charge on any atom is 0.157 e. The van der Waals surface area contributed by atoms with E-state index in [1.807, 2.05) is 0 Å². The molecule has 1 aliphatic heterocycles. The maximum atomic E-state index is 5.65. The van der Waals surface area contributed by atoms with Gasteiger partial charge in [-0.1, -0.05) is 27.7 Å². The Balaban J connectivity index is 2.42. The molecule has 1 aliphatic rings. The predicted molar refractivity (Wildman–Crippen MR) is 44.4 cm³/mol. The second-order valence-corrected chi connectivity index (χ2v) is 4.16. The molecule has 0 spiro atoms. The lowest BCUT2D eigenvalue weighted by Crippen LogP contribution is -2.28. The van der Waals surface area contributed by atoms with Crippen LogP contribution >= 0.6 is 0 Å². The molecule has 0 radical (unpaired) electrons. The van der Waals surface area contributed by atoms with Crippen molar-refractivity contribution in [2.45, 2.75) is 46.5 Å². The molecule has 2 heteroatoms. The van der Waals surface area contributed by atoms with E-state index in [2.05, 4.69) is 27.7 Å². The third-order valence-corrected chi connectivity index (χ3v) is 2.05. The van der Waals surface area contributed by atoms with Gasteiger partial charge in [0.25, 0.3) is 0 Å². The minimum Gasteiger partial charge on any atom is -0.350 e. The summed E-state index contributed by atoms with van der Waals surface area (Å²) in [4.78, 5) is 0. The van der Waals surface area contributed by atoms with Crippen molar-refractivity contribution in [3.05, 3.63) is 0 Å². The molecular formula is C9H18O2. The van der Waals surface area contributed by atoms with Crippen molar-refractivity contribution in [1.29, 1.82) is 0 Å². The van der Waals surface area contributed by atoms with Gasteiger partial charge in [0.15, 0.2) is 6.29 Å². The van der Waals surface area contributed by atoms with E-state index in [0.29, 0.717) is 0 Å². The summed E-state index contributed by atoms with van der Waals surface area (Å²) >= 11 is 0. The molecular weight excluding hydrogens is 140 g/mol. The van der Waals surface area contributed by atoms with Crippen molar-refractivity contribution in [1.82, 2.24) is 0 Å². The van der Waals surface area contributed by atoms with Crippen LogP contribution in [0, 0.1) is 5.41 Å². The van der Waals surface area contributed by atoms with Crippen molar-refractivity contribution in [3.8, 4) is 0 Å². The van der Waals surface area contributed by atoms with Crippen molar-refractivity contribution >= 4 is 0 Å². The van der Waals surface area contributed by atoms with Crippen LogP contribution in [0.15, 0.2) is 0 Å². The van der Waals surface area contributed by atoms with Crippen LogP contribution in [0.4, 0.5) is 0 Å². The lowest BCUT2D eigenvalue weighted by atomic mass is 9.90. The molecule has 2 nitrogen and oxygen atoms in total. The van der Waals surface area contributed by atoms with E-state index in [4.69, 9.17) is 9.47 Å². The van der Waals surface area contributed by atoms with Crippen LogP contribution in [0.2, 0.25) is 0 Å². The minimum absolute atomic E-state index is 0.0409. The zero-order valence-electron chi connectivity index (χ0n) is 7.89. The second-order valence-electron chi connectivity index (χ2n) is 4.16. The molecule has 0 amide bonds. The van der Waals surface area contributed by atoms with Gasteiger partial charge in [0, 0.05) is 0 Å². The first kappa shape index (κ1) is 9.01. The van der Waals surface area contributed by atoms with Crippen molar-refractivity contribution in [2.24, 2.45) is 5.41 Å². The van der Waals surface area contributed by atoms with Gasteiger partial charge in [-0.05, 0) is 11.8 Å². The molecule has 0 aromatic rings. The summed E-state index contributed by atoms with van der Waals surface area (Å²) in [5.41, 5.74) is 0.212. The molecule has 0 aromatic heterocycles. The van der Waals surface area contributed by atoms with Crippen LogP contribution in [0.1, 0.15) is 34.1 Å². The van der Waals surface area contributed by atoms with Crippen LogP contribution in [0.3, 0.4) is 0 Å². The third kappa shape index (κ3) is 2.17. The Hall–Kier alpha value is -0.0800. The predicted octanol–water partition coefficient (Wildman–Crippen LogP) is 2.18. The van der Waals surface area contributed by atoms with E-state index in [-0.39, 0.29) is 17.8 Å². The zero-order chi connectivity index (χ0) is 8.48. The second kappa shape index (κ2) is 3.11. The van der Waals surface area contributed by atoms with Crippen LogP contribution in [-0.4, -0.2) is 19.0 Å². The summed E-state index contributed by atoms with van der Waals surface area (Å²) < 4.78 is 11.1. The number of rotatable bonds is 1. The topological polar surface area (TPSA) is 18.5 Å². The Morgan fingerprint density at radius 1 is 1.36 bits per heavy atom. The number of ether oxygens (including phenoxy) is 2. The summed E-state index contributed by atoms with van der Waals surface area (Å²) in [6, 6.07) is 0. The molecule has 0 N–H and O–H groups in total. The van der Waals surface area contributed by atoms with Crippen LogP contribution in [-0.2, 0) is 9.47 Å². The van der Waals surface area contributed by atoms with Crippen molar-refractivity contribution in [2.75, 3.05) is 6.61 Å². The van der Waals surface area contributed by atoms with Crippen molar-refractivity contribution < 1.29 is 9.47 Å². The molecule has 2 atom stereocenters. The van der Waals surface area contributed by atoms with Gasteiger partial charge in [-0.2, -0.15) is 0 Å². The third-order valence-electron chi connectivity index (χ3n) is 2.05. The molecule has 0 aromatic carbocycles. The lowest BCUT2D eigenvalue weighted by molar-refractivity contribution is -0.0766. The molecule has 1 rings (SSSR count). The van der Waals surface area contributed by atoms with E-state index >= 15 is 0 Å². The molecule has 1 saturated heterocycles. The van der Waals surface area contributed by atoms with E-state index in [1.165, 1.54) is 0 Å². The first-order valence-corrected chi connectivity index (χ1v) is 4.31. The first-order valence-electron chi connectivity index (χ1n) is 4.31. The molecule has 11 heavy (non-hydrogen) atoms. The standard InChI is InChI=1S/C9H18O2/c1-5-8-10-6-7(11-8)9(2,3)4/h7-8H,5-6H2,1-4H3. The summed E-state index contributed by atoms with van der Waals surface area (Å²) in [7, 11) is 0. The minimum atomic E-state index is 0.0409. The highest BCUT2D eigenvalue weighted by atomic mass is 16.7. The maximum absolute atomic E-state index is 5.65. The van der Waals surface area contributed by atoms with E-state index < -0.39 is 0 Å². The Morgan fingerprint density at radius 2 is 2.00 bits per heavy atom. The molecule has 1 heterocycles. The smallest absolute Gasteiger partial charge is 0.157 e. The molecule has 0 saturated carbocycles. The van der Waals surface area contributed by atoms with Crippen LogP contribution < -0.4 is 0 Å². The SMILES string of the molecule is CCC1OCC(C(C)(C)C)O1. The normalized spacial score (nSPS) is 32.7. The summed E-state index contributed by atoms with van der Waals surface area (Å²) in [6.45, 7) is 9.37. The Labute approximate surface area is 68.9 Å². The van der Waals surface area contributed by atoms with Gasteiger partial charge in [-0.3, -0.25) is 0 Å². The Bertz CT molecular complexity index is 126. The monoisotopic (exact) mass is 158 g/mol. The summed E-state index contributed by atoms with van der Waals surface area (Å²) in [6.07, 6.45) is 1.26. The van der Waals surface area contributed by atoms with Gasteiger partial charge in [-0.15, -0.1) is 0 Å². The number of hydrogen-bond donors (Lipinski definition) is 0. The quantitative estimate of drug-likeness (QED) is 0.582. The lowest BCUT2D eigenvalue weighted by Gasteiger charge is -2.24. The largest absolute Gasteiger partial charge is 0.350 e. The fourth-order valence-electron chi connectivity index (χ4n) is 1.12. The average molecular weight is 158 g/mol. The average Bonchev–Trinajstić information content (AvgIpc) is 2.32. The molecule has 0 aliphatic carbocycles.